The molecule has 1 aliphatic heterocycles. The molecule has 0 amide bonds. The summed E-state index contributed by atoms with van der Waals surface area (Å²) in [5.41, 5.74) is 7.13. The van der Waals surface area contributed by atoms with Gasteiger partial charge in [-0.15, -0.1) is 0 Å². The molecule has 3 heterocycles. The van der Waals surface area contributed by atoms with Crippen molar-refractivity contribution in [3.8, 4) is 11.3 Å². The minimum atomic E-state index is -0.209. The number of aryl methyl sites for hydroxylation is 2. The van der Waals surface area contributed by atoms with E-state index in [9.17, 15) is 5.11 Å². The zero-order valence-electron chi connectivity index (χ0n) is 17.6. The van der Waals surface area contributed by atoms with Crippen LogP contribution in [0.1, 0.15) is 50.1 Å². The summed E-state index contributed by atoms with van der Waals surface area (Å²) in [6, 6.07) is 8.66. The normalized spacial score (nSPS) is 15.1. The molecular formula is C24H29BrN2O2. The van der Waals surface area contributed by atoms with Crippen molar-refractivity contribution < 1.29 is 9.84 Å². The van der Waals surface area contributed by atoms with Crippen LogP contribution in [0, 0.1) is 5.41 Å². The van der Waals surface area contributed by atoms with Gasteiger partial charge in [0.1, 0.15) is 0 Å². The van der Waals surface area contributed by atoms with E-state index < -0.39 is 0 Å². The summed E-state index contributed by atoms with van der Waals surface area (Å²) in [5, 5.41) is 11.3. The van der Waals surface area contributed by atoms with Crippen LogP contribution < -0.4 is 0 Å². The number of methoxy groups -OCH3 is 1. The molecule has 4 nitrogen and oxygen atoms in total. The monoisotopic (exact) mass is 456 g/mol. The first-order valence-corrected chi connectivity index (χ1v) is 11.1. The minimum Gasteiger partial charge on any atom is -0.396 e. The van der Waals surface area contributed by atoms with Crippen LogP contribution in [0.5, 0.6) is 0 Å². The lowest BCUT2D eigenvalue weighted by Crippen LogP contribution is -2.20. The Balaban J connectivity index is 2.08. The molecule has 1 N–H and O–H groups in total. The van der Waals surface area contributed by atoms with E-state index in [0.717, 1.165) is 41.5 Å². The van der Waals surface area contributed by atoms with E-state index in [1.54, 1.807) is 7.11 Å². The highest BCUT2D eigenvalue weighted by Gasteiger charge is 2.29. The van der Waals surface area contributed by atoms with Crippen molar-refractivity contribution in [3.63, 3.8) is 0 Å². The standard InChI is InChI=1S/C24H29BrN2O2/c1-15(29-4)21-18(8-5-9-26-21)23-20(13-24(2,3)14-28)19-12-17(25)11-16-7-6-10-27(23)22(16)19/h5,8-9,11-12,15,28H,6-7,10,13-14H2,1-4H3/t15-/m0/s1. The molecule has 154 valence electrons. The van der Waals surface area contributed by atoms with Gasteiger partial charge in [-0.3, -0.25) is 4.98 Å². The third-order valence-corrected chi connectivity index (χ3v) is 6.51. The van der Waals surface area contributed by atoms with Crippen molar-refractivity contribution in [1.29, 1.82) is 0 Å². The average molecular weight is 457 g/mol. The summed E-state index contributed by atoms with van der Waals surface area (Å²) in [7, 11) is 1.73. The third-order valence-electron chi connectivity index (χ3n) is 6.05. The molecule has 0 unspecified atom stereocenters. The number of ether oxygens (including phenoxy) is 1. The summed E-state index contributed by atoms with van der Waals surface area (Å²) in [6.07, 6.45) is 4.76. The van der Waals surface area contributed by atoms with E-state index in [1.807, 2.05) is 19.2 Å². The molecule has 0 saturated carbocycles. The number of benzene rings is 1. The quantitative estimate of drug-likeness (QED) is 0.518. The molecule has 1 atom stereocenters. The van der Waals surface area contributed by atoms with Crippen molar-refractivity contribution in [2.24, 2.45) is 5.41 Å². The van der Waals surface area contributed by atoms with Crippen LogP contribution >= 0.6 is 15.9 Å². The molecule has 0 radical (unpaired) electrons. The number of aliphatic hydroxyl groups is 1. The second-order valence-electron chi connectivity index (χ2n) is 8.86. The molecule has 5 heteroatoms. The summed E-state index contributed by atoms with van der Waals surface area (Å²) < 4.78 is 9.24. The Kier molecular flexibility index (Phi) is 5.58. The molecule has 0 aliphatic carbocycles. The fraction of sp³-hybridized carbons (Fsp3) is 0.458. The highest BCUT2D eigenvalue weighted by Crippen LogP contribution is 2.43. The van der Waals surface area contributed by atoms with Crippen LogP contribution in [-0.2, 0) is 24.1 Å². The van der Waals surface area contributed by atoms with Gasteiger partial charge in [0.05, 0.1) is 23.0 Å². The number of aliphatic hydroxyl groups excluding tert-OH is 1. The van der Waals surface area contributed by atoms with Crippen molar-refractivity contribution in [2.75, 3.05) is 13.7 Å². The molecule has 4 rings (SSSR count). The van der Waals surface area contributed by atoms with Crippen molar-refractivity contribution in [1.82, 2.24) is 9.55 Å². The van der Waals surface area contributed by atoms with Gasteiger partial charge in [-0.25, -0.2) is 0 Å². The van der Waals surface area contributed by atoms with Crippen LogP contribution in [0.25, 0.3) is 22.2 Å². The Morgan fingerprint density at radius 3 is 2.86 bits per heavy atom. The Hall–Kier alpha value is -1.69. The summed E-state index contributed by atoms with van der Waals surface area (Å²) in [5.74, 6) is 0. The van der Waals surface area contributed by atoms with Gasteiger partial charge in [0.2, 0.25) is 0 Å². The first-order valence-electron chi connectivity index (χ1n) is 10.3. The topological polar surface area (TPSA) is 47.3 Å². The van der Waals surface area contributed by atoms with E-state index in [-0.39, 0.29) is 18.1 Å². The number of aromatic nitrogens is 2. The number of hydrogen-bond acceptors (Lipinski definition) is 3. The SMILES string of the molecule is CO[C@@H](C)c1ncccc1-c1c(CC(C)(C)CO)c2cc(Br)cc3c2n1CCC3. The van der Waals surface area contributed by atoms with Gasteiger partial charge in [0.25, 0.3) is 0 Å². The lowest BCUT2D eigenvalue weighted by Gasteiger charge is -2.24. The molecule has 29 heavy (non-hydrogen) atoms. The van der Waals surface area contributed by atoms with Gasteiger partial charge in [-0.05, 0) is 67.0 Å². The van der Waals surface area contributed by atoms with Crippen molar-refractivity contribution in [3.05, 3.63) is 51.8 Å². The number of hydrogen-bond donors (Lipinski definition) is 1. The summed E-state index contributed by atoms with van der Waals surface area (Å²) >= 11 is 3.73. The zero-order chi connectivity index (χ0) is 20.8. The smallest absolute Gasteiger partial charge is 0.0969 e. The Bertz CT molecular complexity index is 1050. The highest BCUT2D eigenvalue weighted by molar-refractivity contribution is 9.10. The number of halogens is 1. The second kappa shape index (κ2) is 7.86. The third kappa shape index (κ3) is 3.65. The lowest BCUT2D eigenvalue weighted by molar-refractivity contribution is 0.116. The van der Waals surface area contributed by atoms with Crippen LogP contribution in [0.15, 0.2) is 34.9 Å². The molecule has 1 aliphatic rings. The largest absolute Gasteiger partial charge is 0.396 e. The maximum Gasteiger partial charge on any atom is 0.0969 e. The first kappa shape index (κ1) is 20.6. The van der Waals surface area contributed by atoms with Gasteiger partial charge < -0.3 is 14.4 Å². The van der Waals surface area contributed by atoms with E-state index in [4.69, 9.17) is 9.72 Å². The van der Waals surface area contributed by atoms with Gasteiger partial charge in [0, 0.05) is 41.9 Å². The predicted molar refractivity (Wildman–Crippen MR) is 121 cm³/mol. The summed E-state index contributed by atoms with van der Waals surface area (Å²) in [4.78, 5) is 4.69. The highest BCUT2D eigenvalue weighted by atomic mass is 79.9. The Morgan fingerprint density at radius 2 is 2.14 bits per heavy atom. The van der Waals surface area contributed by atoms with Gasteiger partial charge >= 0.3 is 0 Å². The van der Waals surface area contributed by atoms with Crippen molar-refractivity contribution in [2.45, 2.75) is 52.7 Å². The molecule has 0 saturated heterocycles. The molecule has 0 fully saturated rings. The van der Waals surface area contributed by atoms with E-state index in [1.165, 1.54) is 27.7 Å². The van der Waals surface area contributed by atoms with Crippen LogP contribution in [0.3, 0.4) is 0 Å². The number of nitrogens with zero attached hydrogens (tertiary/aromatic N) is 2. The summed E-state index contributed by atoms with van der Waals surface area (Å²) in [6.45, 7) is 7.44. The fourth-order valence-electron chi connectivity index (χ4n) is 4.52. The van der Waals surface area contributed by atoms with Gasteiger partial charge in [-0.1, -0.05) is 29.8 Å². The Labute approximate surface area is 181 Å². The van der Waals surface area contributed by atoms with Gasteiger partial charge in [0.15, 0.2) is 0 Å². The zero-order valence-corrected chi connectivity index (χ0v) is 19.2. The van der Waals surface area contributed by atoms with Crippen LogP contribution in [0.4, 0.5) is 0 Å². The molecule has 0 bridgehead atoms. The number of rotatable bonds is 6. The van der Waals surface area contributed by atoms with Crippen molar-refractivity contribution >= 4 is 26.8 Å². The van der Waals surface area contributed by atoms with Crippen LogP contribution in [-0.4, -0.2) is 28.4 Å². The molecule has 3 aromatic rings. The molecular weight excluding hydrogens is 428 g/mol. The fourth-order valence-corrected chi connectivity index (χ4v) is 5.03. The second-order valence-corrected chi connectivity index (χ2v) is 9.77. The predicted octanol–water partition coefficient (Wildman–Crippen LogP) is 5.68. The number of pyridine rings is 1. The van der Waals surface area contributed by atoms with Crippen LogP contribution in [0.2, 0.25) is 0 Å². The molecule has 2 aromatic heterocycles. The first-order chi connectivity index (χ1) is 13.9. The maximum atomic E-state index is 10.0. The average Bonchev–Trinajstić information content (AvgIpc) is 3.01. The van der Waals surface area contributed by atoms with E-state index >= 15 is 0 Å². The van der Waals surface area contributed by atoms with Gasteiger partial charge in [-0.2, -0.15) is 0 Å². The molecule has 1 aromatic carbocycles. The molecule has 0 spiro atoms. The lowest BCUT2D eigenvalue weighted by atomic mass is 9.84. The van der Waals surface area contributed by atoms with E-state index in [2.05, 4.69) is 52.5 Å². The Morgan fingerprint density at radius 1 is 1.34 bits per heavy atom. The minimum absolute atomic E-state index is 0.0921. The van der Waals surface area contributed by atoms with E-state index in [0.29, 0.717) is 0 Å². The maximum absolute atomic E-state index is 10.0.